The van der Waals surface area contributed by atoms with Crippen LogP contribution in [0, 0.1) is 0 Å². The monoisotopic (exact) mass is 471 g/mol. The van der Waals surface area contributed by atoms with Gasteiger partial charge >= 0.3 is 5.97 Å². The fourth-order valence-corrected chi connectivity index (χ4v) is 4.11. The van der Waals surface area contributed by atoms with Gasteiger partial charge in [-0.1, -0.05) is 54.8 Å². The minimum atomic E-state index is -0.818. The lowest BCUT2D eigenvalue weighted by atomic mass is 10.1. The summed E-state index contributed by atoms with van der Waals surface area (Å²) in [6, 6.07) is 14.3. The molecule has 2 aromatic carbocycles. The van der Waals surface area contributed by atoms with Crippen molar-refractivity contribution in [1.82, 2.24) is 4.90 Å². The average Bonchev–Trinajstić information content (AvgIpc) is 3.13. The predicted octanol–water partition coefficient (Wildman–Crippen LogP) is 5.75. The number of halogens is 1. The Morgan fingerprint density at radius 2 is 1.85 bits per heavy atom. The first kappa shape index (κ1) is 24.8. The number of hydrogen-bond donors (Lipinski definition) is 2. The molecular formula is C26H30ClNO5. The van der Waals surface area contributed by atoms with E-state index in [2.05, 4.69) is 0 Å². The van der Waals surface area contributed by atoms with Gasteiger partial charge in [0.15, 0.2) is 0 Å². The molecule has 2 N–H and O–H groups in total. The van der Waals surface area contributed by atoms with Gasteiger partial charge in [-0.3, -0.25) is 9.59 Å². The summed E-state index contributed by atoms with van der Waals surface area (Å²) >= 11 is 6.01. The van der Waals surface area contributed by atoms with Gasteiger partial charge < -0.3 is 19.8 Å². The zero-order valence-electron chi connectivity index (χ0n) is 18.5. The molecule has 0 aromatic heterocycles. The second-order valence-electron chi connectivity index (χ2n) is 8.21. The number of aliphatic carboxylic acids is 1. The topological polar surface area (TPSA) is 87.1 Å². The minimum absolute atomic E-state index is 0.0305. The number of carboxylic acid groups (broad SMARTS) is 1. The summed E-state index contributed by atoms with van der Waals surface area (Å²) in [7, 11) is 0. The molecule has 1 saturated heterocycles. The molecule has 1 fully saturated rings. The lowest BCUT2D eigenvalue weighted by molar-refractivity contribution is -0.137. The fourth-order valence-electron chi connectivity index (χ4n) is 3.93. The number of amides is 1. The zero-order valence-corrected chi connectivity index (χ0v) is 19.3. The molecule has 176 valence electrons. The van der Waals surface area contributed by atoms with Crippen LogP contribution in [0.3, 0.4) is 0 Å². The molecule has 0 spiro atoms. The number of ether oxygens (including phenoxy) is 1. The van der Waals surface area contributed by atoms with E-state index in [1.807, 2.05) is 41.3 Å². The van der Waals surface area contributed by atoms with Gasteiger partial charge in [0.25, 0.3) is 0 Å². The highest BCUT2D eigenvalue weighted by atomic mass is 35.5. The van der Waals surface area contributed by atoms with Crippen LogP contribution in [0.5, 0.6) is 11.5 Å². The number of rotatable bonds is 12. The lowest BCUT2D eigenvalue weighted by Crippen LogP contribution is -2.32. The van der Waals surface area contributed by atoms with Crippen molar-refractivity contribution in [2.45, 2.75) is 57.1 Å². The Morgan fingerprint density at radius 1 is 1.12 bits per heavy atom. The van der Waals surface area contributed by atoms with Gasteiger partial charge in [-0.15, -0.1) is 0 Å². The summed E-state index contributed by atoms with van der Waals surface area (Å²) in [5, 5.41) is 20.0. The van der Waals surface area contributed by atoms with E-state index in [1.54, 1.807) is 24.3 Å². The Kier molecular flexibility index (Phi) is 9.34. The Balaban J connectivity index is 1.53. The van der Waals surface area contributed by atoms with E-state index < -0.39 is 12.1 Å². The van der Waals surface area contributed by atoms with Gasteiger partial charge in [0.2, 0.25) is 5.91 Å². The van der Waals surface area contributed by atoms with Crippen LogP contribution in [0.25, 0.3) is 0 Å². The molecule has 2 aromatic rings. The maximum atomic E-state index is 12.3. The number of carboxylic acids is 1. The molecule has 3 rings (SSSR count). The van der Waals surface area contributed by atoms with Crippen molar-refractivity contribution < 1.29 is 24.5 Å². The molecule has 0 bridgehead atoms. The van der Waals surface area contributed by atoms with Crippen molar-refractivity contribution in [2.75, 3.05) is 6.54 Å². The molecule has 1 heterocycles. The van der Waals surface area contributed by atoms with Gasteiger partial charge in [-0.25, -0.2) is 0 Å². The van der Waals surface area contributed by atoms with Crippen LogP contribution in [0.2, 0.25) is 5.02 Å². The summed E-state index contributed by atoms with van der Waals surface area (Å²) in [6.45, 7) is 0.653. The first-order valence-corrected chi connectivity index (χ1v) is 11.7. The number of likely N-dealkylation sites (tertiary alicyclic amines) is 1. The molecule has 7 heteroatoms. The maximum Gasteiger partial charge on any atom is 0.303 e. The van der Waals surface area contributed by atoms with E-state index in [-0.39, 0.29) is 18.4 Å². The summed E-state index contributed by atoms with van der Waals surface area (Å²) in [5.41, 5.74) is 0.695. The van der Waals surface area contributed by atoms with Crippen molar-refractivity contribution in [1.29, 1.82) is 0 Å². The van der Waals surface area contributed by atoms with Crippen LogP contribution in [-0.4, -0.2) is 39.6 Å². The zero-order chi connectivity index (χ0) is 23.6. The average molecular weight is 472 g/mol. The van der Waals surface area contributed by atoms with E-state index >= 15 is 0 Å². The lowest BCUT2D eigenvalue weighted by Gasteiger charge is -2.22. The first-order valence-electron chi connectivity index (χ1n) is 11.3. The molecular weight excluding hydrogens is 442 g/mol. The molecule has 1 aliphatic heterocycles. The van der Waals surface area contributed by atoms with E-state index in [1.165, 1.54) is 0 Å². The van der Waals surface area contributed by atoms with Gasteiger partial charge in [-0.05, 0) is 55.2 Å². The van der Waals surface area contributed by atoms with E-state index in [0.29, 0.717) is 41.5 Å². The van der Waals surface area contributed by atoms with Crippen molar-refractivity contribution >= 4 is 23.5 Å². The third-order valence-corrected chi connectivity index (χ3v) is 5.90. The van der Waals surface area contributed by atoms with Crippen molar-refractivity contribution in [3.05, 3.63) is 71.3 Å². The maximum absolute atomic E-state index is 12.3. The molecule has 0 aliphatic carbocycles. The summed E-state index contributed by atoms with van der Waals surface area (Å²) in [6.07, 6.45) is 7.51. The second-order valence-corrected chi connectivity index (χ2v) is 8.65. The Hall–Kier alpha value is -2.83. The van der Waals surface area contributed by atoms with Gasteiger partial charge in [0.1, 0.15) is 11.5 Å². The number of aliphatic hydroxyl groups excluding tert-OH is 1. The SMILES string of the molecule is O=C(O)CCCCCCN1C(=O)CCC1C=C[C@@H](O)c1cccc(Oc2cccc(Cl)c2)c1. The highest BCUT2D eigenvalue weighted by molar-refractivity contribution is 6.30. The molecule has 33 heavy (non-hydrogen) atoms. The number of aliphatic hydroxyl groups is 1. The smallest absolute Gasteiger partial charge is 0.303 e. The molecule has 0 saturated carbocycles. The fraction of sp³-hybridized carbons (Fsp3) is 0.385. The molecule has 2 atom stereocenters. The molecule has 1 aliphatic rings. The van der Waals surface area contributed by atoms with Crippen LogP contribution in [0.1, 0.15) is 56.6 Å². The predicted molar refractivity (Wildman–Crippen MR) is 128 cm³/mol. The Labute approximate surface area is 199 Å². The van der Waals surface area contributed by atoms with Crippen LogP contribution in [0.4, 0.5) is 0 Å². The van der Waals surface area contributed by atoms with E-state index in [4.69, 9.17) is 21.4 Å². The van der Waals surface area contributed by atoms with Gasteiger partial charge in [0, 0.05) is 24.4 Å². The number of carbonyl (C=O) groups excluding carboxylic acids is 1. The Morgan fingerprint density at radius 3 is 2.61 bits per heavy atom. The third-order valence-electron chi connectivity index (χ3n) is 5.66. The van der Waals surface area contributed by atoms with Crippen LogP contribution in [-0.2, 0) is 9.59 Å². The van der Waals surface area contributed by atoms with E-state index in [0.717, 1.165) is 25.7 Å². The Bertz CT molecular complexity index is 977. The number of nitrogens with zero attached hydrogens (tertiary/aromatic N) is 1. The normalized spacial score (nSPS) is 17.0. The standard InChI is InChI=1S/C26H30ClNO5/c27-20-8-6-10-23(18-20)33-22-9-5-7-19(17-22)24(29)14-12-21-13-15-25(30)28(21)16-4-2-1-3-11-26(31)32/h5-10,12,14,17-18,21,24,29H,1-4,11,13,15-16H2,(H,31,32)/t21?,24-/m1/s1. The number of carbonyl (C=O) groups is 2. The third kappa shape index (κ3) is 7.91. The summed E-state index contributed by atoms with van der Waals surface area (Å²) < 4.78 is 5.84. The molecule has 1 unspecified atom stereocenters. The minimum Gasteiger partial charge on any atom is -0.481 e. The van der Waals surface area contributed by atoms with Crippen molar-refractivity contribution in [3.8, 4) is 11.5 Å². The number of benzene rings is 2. The highest BCUT2D eigenvalue weighted by Gasteiger charge is 2.28. The van der Waals surface area contributed by atoms with Gasteiger partial charge in [0.05, 0.1) is 12.1 Å². The summed E-state index contributed by atoms with van der Waals surface area (Å²) in [5.74, 6) is 0.576. The molecule has 1 amide bonds. The number of unbranched alkanes of at least 4 members (excludes halogenated alkanes) is 3. The quantitative estimate of drug-likeness (QED) is 0.304. The number of hydrogen-bond acceptors (Lipinski definition) is 4. The second kappa shape index (κ2) is 12.4. The highest BCUT2D eigenvalue weighted by Crippen LogP contribution is 2.28. The van der Waals surface area contributed by atoms with Crippen LogP contribution >= 0.6 is 11.6 Å². The van der Waals surface area contributed by atoms with Gasteiger partial charge in [-0.2, -0.15) is 0 Å². The van der Waals surface area contributed by atoms with Crippen LogP contribution < -0.4 is 4.74 Å². The molecule has 6 nitrogen and oxygen atoms in total. The van der Waals surface area contributed by atoms with Crippen molar-refractivity contribution in [2.24, 2.45) is 0 Å². The first-order chi connectivity index (χ1) is 15.9. The van der Waals surface area contributed by atoms with E-state index in [9.17, 15) is 14.7 Å². The van der Waals surface area contributed by atoms with Crippen molar-refractivity contribution in [3.63, 3.8) is 0 Å². The van der Waals surface area contributed by atoms with Crippen LogP contribution in [0.15, 0.2) is 60.7 Å². The largest absolute Gasteiger partial charge is 0.481 e. The molecule has 0 radical (unpaired) electrons. The summed E-state index contributed by atoms with van der Waals surface area (Å²) in [4.78, 5) is 24.7.